The first kappa shape index (κ1) is 17.0. The normalized spacial score (nSPS) is 22.2. The van der Waals surface area contributed by atoms with Crippen molar-refractivity contribution in [1.29, 1.82) is 0 Å². The molecule has 1 heterocycles. The molecule has 0 bridgehead atoms. The smallest absolute Gasteiger partial charge is 0.310 e. The van der Waals surface area contributed by atoms with E-state index in [0.717, 1.165) is 24.0 Å². The summed E-state index contributed by atoms with van der Waals surface area (Å²) in [6.45, 7) is 3.77. The maximum atomic E-state index is 12.8. The molecule has 5 heteroatoms. The number of nitrogens with zero attached hydrogens (tertiary/aromatic N) is 1. The van der Waals surface area contributed by atoms with Crippen LogP contribution in [0.2, 0.25) is 0 Å². The molecule has 1 aromatic carbocycles. The molecule has 1 amide bonds. The third-order valence-electron chi connectivity index (χ3n) is 5.22. The van der Waals surface area contributed by atoms with Crippen molar-refractivity contribution in [1.82, 2.24) is 4.90 Å². The standard InChI is InChI=1S/C19H25NO4/c1-2-5-16-13-20(8-9-24-16)17(21)12-19(18(22)23)10-14-6-3-4-7-15(14)11-19/h3-4,6-7,16H,2,5,8-13H2,1H3,(H,22,23). The minimum absolute atomic E-state index is 0.0605. The summed E-state index contributed by atoms with van der Waals surface area (Å²) in [6, 6.07) is 7.79. The van der Waals surface area contributed by atoms with Gasteiger partial charge in [-0.1, -0.05) is 37.6 Å². The number of carbonyl (C=O) groups excluding carboxylic acids is 1. The predicted molar refractivity (Wildman–Crippen MR) is 89.8 cm³/mol. The Hall–Kier alpha value is -1.88. The van der Waals surface area contributed by atoms with Gasteiger partial charge in [0.2, 0.25) is 5.91 Å². The van der Waals surface area contributed by atoms with Gasteiger partial charge in [-0.25, -0.2) is 0 Å². The van der Waals surface area contributed by atoms with Crippen LogP contribution < -0.4 is 0 Å². The quantitative estimate of drug-likeness (QED) is 0.899. The van der Waals surface area contributed by atoms with Crippen molar-refractivity contribution in [3.63, 3.8) is 0 Å². The van der Waals surface area contributed by atoms with Crippen molar-refractivity contribution in [2.24, 2.45) is 5.41 Å². The monoisotopic (exact) mass is 331 g/mol. The van der Waals surface area contributed by atoms with E-state index < -0.39 is 11.4 Å². The summed E-state index contributed by atoms with van der Waals surface area (Å²) in [6.07, 6.45) is 2.96. The number of hydrogen-bond acceptors (Lipinski definition) is 3. The first-order chi connectivity index (χ1) is 11.5. The molecule has 3 rings (SSSR count). The molecule has 1 aliphatic heterocycles. The molecule has 0 radical (unpaired) electrons. The van der Waals surface area contributed by atoms with E-state index in [-0.39, 0.29) is 18.4 Å². The van der Waals surface area contributed by atoms with Gasteiger partial charge in [0.1, 0.15) is 0 Å². The zero-order valence-corrected chi connectivity index (χ0v) is 14.2. The third kappa shape index (κ3) is 3.31. The molecule has 1 aliphatic carbocycles. The molecule has 130 valence electrons. The average Bonchev–Trinajstić information content (AvgIpc) is 2.95. The van der Waals surface area contributed by atoms with E-state index in [2.05, 4.69) is 6.92 Å². The summed E-state index contributed by atoms with van der Waals surface area (Å²) in [5.41, 5.74) is 1.11. The lowest BCUT2D eigenvalue weighted by Gasteiger charge is -2.35. The number of rotatable bonds is 5. The number of carboxylic acid groups (broad SMARTS) is 1. The first-order valence-corrected chi connectivity index (χ1v) is 8.73. The highest BCUT2D eigenvalue weighted by molar-refractivity contribution is 5.86. The Morgan fingerprint density at radius 1 is 1.29 bits per heavy atom. The van der Waals surface area contributed by atoms with Crippen LogP contribution in [0, 0.1) is 5.41 Å². The van der Waals surface area contributed by atoms with Gasteiger partial charge < -0.3 is 14.7 Å². The molecule has 1 saturated heterocycles. The number of aliphatic carboxylic acids is 1. The minimum atomic E-state index is -1.00. The van der Waals surface area contributed by atoms with Crippen LogP contribution in [0.15, 0.2) is 24.3 Å². The molecule has 0 saturated carbocycles. The molecular weight excluding hydrogens is 306 g/mol. The van der Waals surface area contributed by atoms with Crippen LogP contribution in [0.3, 0.4) is 0 Å². The summed E-state index contributed by atoms with van der Waals surface area (Å²) in [7, 11) is 0. The van der Waals surface area contributed by atoms with E-state index in [0.29, 0.717) is 32.5 Å². The van der Waals surface area contributed by atoms with Crippen LogP contribution in [-0.4, -0.2) is 47.7 Å². The van der Waals surface area contributed by atoms with Gasteiger partial charge in [-0.15, -0.1) is 0 Å². The zero-order chi connectivity index (χ0) is 17.2. The van der Waals surface area contributed by atoms with Gasteiger partial charge in [0.05, 0.1) is 18.1 Å². The molecule has 1 aromatic rings. The zero-order valence-electron chi connectivity index (χ0n) is 14.2. The molecule has 0 spiro atoms. The molecule has 1 fully saturated rings. The Labute approximate surface area is 142 Å². The van der Waals surface area contributed by atoms with Crippen LogP contribution in [0.5, 0.6) is 0 Å². The van der Waals surface area contributed by atoms with E-state index in [1.165, 1.54) is 0 Å². The largest absolute Gasteiger partial charge is 0.481 e. The fourth-order valence-corrected chi connectivity index (χ4v) is 3.89. The molecule has 1 unspecified atom stereocenters. The van der Waals surface area contributed by atoms with Gasteiger partial charge in [0.25, 0.3) is 0 Å². The lowest BCUT2D eigenvalue weighted by Crippen LogP contribution is -2.48. The number of carbonyl (C=O) groups is 2. The van der Waals surface area contributed by atoms with Crippen LogP contribution >= 0.6 is 0 Å². The fourth-order valence-electron chi connectivity index (χ4n) is 3.89. The topological polar surface area (TPSA) is 66.8 Å². The van der Waals surface area contributed by atoms with Gasteiger partial charge >= 0.3 is 5.97 Å². The second-order valence-corrected chi connectivity index (χ2v) is 7.01. The highest BCUT2D eigenvalue weighted by atomic mass is 16.5. The summed E-state index contributed by atoms with van der Waals surface area (Å²) in [4.78, 5) is 26.5. The van der Waals surface area contributed by atoms with Gasteiger partial charge in [-0.2, -0.15) is 0 Å². The van der Waals surface area contributed by atoms with E-state index >= 15 is 0 Å². The number of amides is 1. The molecule has 5 nitrogen and oxygen atoms in total. The highest BCUT2D eigenvalue weighted by Crippen LogP contribution is 2.40. The van der Waals surface area contributed by atoms with Gasteiger partial charge in [-0.3, -0.25) is 9.59 Å². The number of ether oxygens (including phenoxy) is 1. The first-order valence-electron chi connectivity index (χ1n) is 8.73. The summed E-state index contributed by atoms with van der Waals surface area (Å²) >= 11 is 0. The minimum Gasteiger partial charge on any atom is -0.481 e. The summed E-state index contributed by atoms with van der Waals surface area (Å²) in [5, 5.41) is 9.82. The Morgan fingerprint density at radius 3 is 2.54 bits per heavy atom. The molecule has 0 aromatic heterocycles. The molecule has 1 N–H and O–H groups in total. The highest BCUT2D eigenvalue weighted by Gasteiger charge is 2.46. The molecule has 1 atom stereocenters. The van der Waals surface area contributed by atoms with Crippen molar-refractivity contribution < 1.29 is 19.4 Å². The molecular formula is C19H25NO4. The lowest BCUT2D eigenvalue weighted by atomic mass is 9.81. The van der Waals surface area contributed by atoms with Crippen LogP contribution in [0.4, 0.5) is 0 Å². The number of carboxylic acids is 1. The number of fused-ring (bicyclic) bond motifs is 1. The van der Waals surface area contributed by atoms with Crippen molar-refractivity contribution in [3.8, 4) is 0 Å². The number of benzene rings is 1. The van der Waals surface area contributed by atoms with Crippen molar-refractivity contribution >= 4 is 11.9 Å². The Kier molecular flexibility index (Phi) is 4.90. The second kappa shape index (κ2) is 6.93. The number of morpholine rings is 1. The van der Waals surface area contributed by atoms with Crippen LogP contribution in [0.1, 0.15) is 37.3 Å². The predicted octanol–water partition coefficient (Wildman–Crippen LogP) is 2.27. The lowest BCUT2D eigenvalue weighted by molar-refractivity contribution is -0.155. The third-order valence-corrected chi connectivity index (χ3v) is 5.22. The van der Waals surface area contributed by atoms with Gasteiger partial charge in [0, 0.05) is 19.5 Å². The Balaban J connectivity index is 1.71. The van der Waals surface area contributed by atoms with Crippen LogP contribution in [0.25, 0.3) is 0 Å². The number of hydrogen-bond donors (Lipinski definition) is 1. The maximum absolute atomic E-state index is 12.8. The fraction of sp³-hybridized carbons (Fsp3) is 0.579. The van der Waals surface area contributed by atoms with E-state index in [1.54, 1.807) is 4.90 Å². The molecule has 24 heavy (non-hydrogen) atoms. The van der Waals surface area contributed by atoms with E-state index in [4.69, 9.17) is 4.74 Å². The Morgan fingerprint density at radius 2 is 1.96 bits per heavy atom. The molecule has 2 aliphatic rings. The summed E-state index contributed by atoms with van der Waals surface area (Å²) in [5.74, 6) is -0.931. The van der Waals surface area contributed by atoms with Gasteiger partial charge in [-0.05, 0) is 30.4 Å². The van der Waals surface area contributed by atoms with E-state index in [9.17, 15) is 14.7 Å². The Bertz CT molecular complexity index is 601. The van der Waals surface area contributed by atoms with Crippen molar-refractivity contribution in [3.05, 3.63) is 35.4 Å². The average molecular weight is 331 g/mol. The second-order valence-electron chi connectivity index (χ2n) is 7.01. The van der Waals surface area contributed by atoms with Crippen molar-refractivity contribution in [2.45, 2.75) is 45.1 Å². The summed E-state index contributed by atoms with van der Waals surface area (Å²) < 4.78 is 5.68. The van der Waals surface area contributed by atoms with Crippen molar-refractivity contribution in [2.75, 3.05) is 19.7 Å². The SMILES string of the molecule is CCCC1CN(C(=O)CC2(C(=O)O)Cc3ccccc3C2)CCO1. The maximum Gasteiger partial charge on any atom is 0.310 e. The van der Waals surface area contributed by atoms with Crippen LogP contribution in [-0.2, 0) is 27.2 Å². The van der Waals surface area contributed by atoms with Gasteiger partial charge in [0.15, 0.2) is 0 Å². The van der Waals surface area contributed by atoms with E-state index in [1.807, 2.05) is 24.3 Å².